The van der Waals surface area contributed by atoms with Gasteiger partial charge in [-0.2, -0.15) is 0 Å². The number of aliphatic carboxylic acids is 1. The maximum atomic E-state index is 10.8. The summed E-state index contributed by atoms with van der Waals surface area (Å²) in [5.41, 5.74) is -0.666. The van der Waals surface area contributed by atoms with Gasteiger partial charge in [0.15, 0.2) is 0 Å². The number of carboxylic acids is 1. The molecule has 82 valence electrons. The number of carboxylic acid groups (broad SMARTS) is 1. The van der Waals surface area contributed by atoms with Crippen molar-refractivity contribution in [3.8, 4) is 0 Å². The molecular weight excluding hydrogens is 180 g/mol. The standard InChI is InChI=1S/C10H20N2O2/c1-10(2,9(13)14)7-11-8-4-5-12(3)6-8/h8,11H,4-7H2,1-3H3,(H,13,14). The first kappa shape index (κ1) is 11.5. The third-order valence-electron chi connectivity index (χ3n) is 2.80. The third-order valence-corrected chi connectivity index (χ3v) is 2.80. The van der Waals surface area contributed by atoms with Crippen LogP contribution in [-0.4, -0.2) is 48.7 Å². The molecule has 1 rings (SSSR count). The van der Waals surface area contributed by atoms with Crippen LogP contribution in [0.15, 0.2) is 0 Å². The highest BCUT2D eigenvalue weighted by Gasteiger charge is 2.29. The molecule has 1 heterocycles. The molecule has 0 aromatic rings. The summed E-state index contributed by atoms with van der Waals surface area (Å²) in [5, 5.41) is 12.2. The summed E-state index contributed by atoms with van der Waals surface area (Å²) in [5.74, 6) is -0.739. The molecule has 4 heteroatoms. The summed E-state index contributed by atoms with van der Waals surface area (Å²) < 4.78 is 0. The quantitative estimate of drug-likeness (QED) is 0.689. The highest BCUT2D eigenvalue weighted by atomic mass is 16.4. The minimum atomic E-state index is -0.739. The Labute approximate surface area is 85.3 Å². The van der Waals surface area contributed by atoms with Crippen molar-refractivity contribution in [3.63, 3.8) is 0 Å². The molecule has 0 amide bonds. The normalized spacial score (nSPS) is 24.1. The topological polar surface area (TPSA) is 52.6 Å². The number of nitrogens with one attached hydrogen (secondary N) is 1. The number of carbonyl (C=O) groups is 1. The summed E-state index contributed by atoms with van der Waals surface area (Å²) in [4.78, 5) is 13.1. The Morgan fingerprint density at radius 1 is 1.64 bits per heavy atom. The molecule has 0 spiro atoms. The highest BCUT2D eigenvalue weighted by molar-refractivity contribution is 5.73. The first-order valence-corrected chi connectivity index (χ1v) is 5.07. The van der Waals surface area contributed by atoms with Gasteiger partial charge in [0.05, 0.1) is 5.41 Å². The van der Waals surface area contributed by atoms with Crippen LogP contribution < -0.4 is 5.32 Å². The van der Waals surface area contributed by atoms with E-state index in [0.717, 1.165) is 19.5 Å². The van der Waals surface area contributed by atoms with Crippen LogP contribution in [-0.2, 0) is 4.79 Å². The minimum Gasteiger partial charge on any atom is -0.481 e. The Morgan fingerprint density at radius 2 is 2.29 bits per heavy atom. The zero-order chi connectivity index (χ0) is 10.8. The van der Waals surface area contributed by atoms with Crippen molar-refractivity contribution in [2.75, 3.05) is 26.7 Å². The fourth-order valence-electron chi connectivity index (χ4n) is 1.58. The van der Waals surface area contributed by atoms with Gasteiger partial charge in [-0.3, -0.25) is 4.79 Å². The number of hydrogen-bond acceptors (Lipinski definition) is 3. The predicted molar refractivity (Wildman–Crippen MR) is 55.3 cm³/mol. The van der Waals surface area contributed by atoms with Gasteiger partial charge in [-0.15, -0.1) is 0 Å². The van der Waals surface area contributed by atoms with Crippen molar-refractivity contribution in [1.82, 2.24) is 10.2 Å². The van der Waals surface area contributed by atoms with Gasteiger partial charge in [0.1, 0.15) is 0 Å². The first-order chi connectivity index (χ1) is 6.42. The lowest BCUT2D eigenvalue weighted by atomic mass is 9.93. The zero-order valence-corrected chi connectivity index (χ0v) is 9.21. The molecule has 1 atom stereocenters. The molecule has 0 saturated carbocycles. The largest absolute Gasteiger partial charge is 0.481 e. The summed E-state index contributed by atoms with van der Waals surface area (Å²) in [6.45, 7) is 6.17. The lowest BCUT2D eigenvalue weighted by molar-refractivity contribution is -0.146. The third kappa shape index (κ3) is 2.96. The van der Waals surface area contributed by atoms with Crippen molar-refractivity contribution in [3.05, 3.63) is 0 Å². The molecule has 0 radical (unpaired) electrons. The van der Waals surface area contributed by atoms with Gasteiger partial charge in [-0.1, -0.05) is 0 Å². The first-order valence-electron chi connectivity index (χ1n) is 5.07. The smallest absolute Gasteiger partial charge is 0.310 e. The maximum absolute atomic E-state index is 10.8. The summed E-state index contributed by atoms with van der Waals surface area (Å²) >= 11 is 0. The summed E-state index contributed by atoms with van der Waals surface area (Å²) in [7, 11) is 2.09. The van der Waals surface area contributed by atoms with Crippen LogP contribution in [0.1, 0.15) is 20.3 Å². The van der Waals surface area contributed by atoms with E-state index in [9.17, 15) is 4.79 Å². The van der Waals surface area contributed by atoms with Gasteiger partial charge in [0.2, 0.25) is 0 Å². The van der Waals surface area contributed by atoms with Crippen LogP contribution in [0, 0.1) is 5.41 Å². The van der Waals surface area contributed by atoms with Crippen molar-refractivity contribution in [2.45, 2.75) is 26.3 Å². The lowest BCUT2D eigenvalue weighted by Gasteiger charge is -2.22. The summed E-state index contributed by atoms with van der Waals surface area (Å²) in [6, 6.07) is 0.457. The van der Waals surface area contributed by atoms with Crippen LogP contribution >= 0.6 is 0 Å². The fraction of sp³-hybridized carbons (Fsp3) is 0.900. The molecule has 1 fully saturated rings. The molecule has 1 saturated heterocycles. The van der Waals surface area contributed by atoms with Gasteiger partial charge in [0, 0.05) is 19.1 Å². The van der Waals surface area contributed by atoms with E-state index in [2.05, 4.69) is 17.3 Å². The van der Waals surface area contributed by atoms with Crippen molar-refractivity contribution >= 4 is 5.97 Å². The second kappa shape index (κ2) is 4.28. The van der Waals surface area contributed by atoms with E-state index in [1.54, 1.807) is 13.8 Å². The minimum absolute atomic E-state index is 0.457. The number of likely N-dealkylation sites (tertiary alicyclic amines) is 1. The van der Waals surface area contributed by atoms with E-state index < -0.39 is 11.4 Å². The van der Waals surface area contributed by atoms with Crippen LogP contribution in [0.4, 0.5) is 0 Å². The molecule has 0 aromatic carbocycles. The van der Waals surface area contributed by atoms with E-state index in [4.69, 9.17) is 5.11 Å². The Kier molecular flexibility index (Phi) is 3.50. The molecule has 0 bridgehead atoms. The van der Waals surface area contributed by atoms with Crippen LogP contribution in [0.5, 0.6) is 0 Å². The van der Waals surface area contributed by atoms with E-state index >= 15 is 0 Å². The van der Waals surface area contributed by atoms with Crippen molar-refractivity contribution in [2.24, 2.45) is 5.41 Å². The monoisotopic (exact) mass is 200 g/mol. The molecule has 2 N–H and O–H groups in total. The van der Waals surface area contributed by atoms with Gasteiger partial charge < -0.3 is 15.3 Å². The molecule has 1 aliphatic heterocycles. The molecule has 4 nitrogen and oxygen atoms in total. The van der Waals surface area contributed by atoms with Gasteiger partial charge in [-0.25, -0.2) is 0 Å². The average molecular weight is 200 g/mol. The Bertz CT molecular complexity index is 216. The van der Waals surface area contributed by atoms with Gasteiger partial charge in [0.25, 0.3) is 0 Å². The summed E-state index contributed by atoms with van der Waals surface area (Å²) in [6.07, 6.45) is 1.12. The Balaban J connectivity index is 2.30. The lowest BCUT2D eigenvalue weighted by Crippen LogP contribution is -2.41. The van der Waals surface area contributed by atoms with Gasteiger partial charge >= 0.3 is 5.97 Å². The molecule has 14 heavy (non-hydrogen) atoms. The van der Waals surface area contributed by atoms with E-state index in [0.29, 0.717) is 12.6 Å². The SMILES string of the molecule is CN1CCC(NCC(C)(C)C(=O)O)C1. The van der Waals surface area contributed by atoms with Crippen LogP contribution in [0.25, 0.3) is 0 Å². The van der Waals surface area contributed by atoms with E-state index in [1.807, 2.05) is 0 Å². The Hall–Kier alpha value is -0.610. The van der Waals surface area contributed by atoms with E-state index in [1.165, 1.54) is 0 Å². The molecule has 0 aromatic heterocycles. The second-order valence-electron chi connectivity index (χ2n) is 4.82. The van der Waals surface area contributed by atoms with E-state index in [-0.39, 0.29) is 0 Å². The molecular formula is C10H20N2O2. The number of likely N-dealkylation sites (N-methyl/N-ethyl adjacent to an activating group) is 1. The van der Waals surface area contributed by atoms with Crippen molar-refractivity contribution < 1.29 is 9.90 Å². The van der Waals surface area contributed by atoms with Crippen LogP contribution in [0.2, 0.25) is 0 Å². The highest BCUT2D eigenvalue weighted by Crippen LogP contribution is 2.15. The van der Waals surface area contributed by atoms with Gasteiger partial charge in [-0.05, 0) is 33.9 Å². The molecule has 0 aliphatic carbocycles. The predicted octanol–water partition coefficient (Wildman–Crippen LogP) is 0.391. The second-order valence-corrected chi connectivity index (χ2v) is 4.82. The van der Waals surface area contributed by atoms with Crippen LogP contribution in [0.3, 0.4) is 0 Å². The Morgan fingerprint density at radius 3 is 2.71 bits per heavy atom. The van der Waals surface area contributed by atoms with Crippen molar-refractivity contribution in [1.29, 1.82) is 0 Å². The number of nitrogens with zero attached hydrogens (tertiary/aromatic N) is 1. The fourth-order valence-corrected chi connectivity index (χ4v) is 1.58. The number of rotatable bonds is 4. The maximum Gasteiger partial charge on any atom is 0.310 e. The number of hydrogen-bond donors (Lipinski definition) is 2. The average Bonchev–Trinajstić information content (AvgIpc) is 2.48. The molecule has 1 aliphatic rings. The zero-order valence-electron chi connectivity index (χ0n) is 9.21. The molecule has 1 unspecified atom stereocenters.